The van der Waals surface area contributed by atoms with Crippen molar-refractivity contribution in [2.45, 2.75) is 20.5 Å². The molecule has 1 N–H and O–H groups in total. The fourth-order valence-corrected chi connectivity index (χ4v) is 1.98. The predicted octanol–water partition coefficient (Wildman–Crippen LogP) is 3.37. The van der Waals surface area contributed by atoms with Gasteiger partial charge in [0.2, 0.25) is 0 Å². The molecule has 0 unspecified atom stereocenters. The zero-order chi connectivity index (χ0) is 15.2. The lowest BCUT2D eigenvalue weighted by Crippen LogP contribution is -1.99. The van der Waals surface area contributed by atoms with Crippen molar-refractivity contribution in [2.75, 3.05) is 6.61 Å². The summed E-state index contributed by atoms with van der Waals surface area (Å²) in [6.07, 6.45) is 0. The molecule has 0 amide bonds. The number of benzene rings is 2. The number of aliphatic hydroxyl groups excluding tert-OH is 1. The average Bonchev–Trinajstić information content (AvgIpc) is 2.45. The number of hydrogen-bond acceptors (Lipinski definition) is 2. The third-order valence-corrected chi connectivity index (χ3v) is 3.08. The summed E-state index contributed by atoms with van der Waals surface area (Å²) >= 11 is 0. The highest BCUT2D eigenvalue weighted by Crippen LogP contribution is 2.19. The first-order chi connectivity index (χ1) is 10.1. The highest BCUT2D eigenvalue weighted by molar-refractivity contribution is 5.40. The van der Waals surface area contributed by atoms with Crippen LogP contribution in [0.15, 0.2) is 36.4 Å². The summed E-state index contributed by atoms with van der Waals surface area (Å²) in [6.45, 7) is 4.16. The molecule has 0 saturated heterocycles. The van der Waals surface area contributed by atoms with Crippen molar-refractivity contribution in [2.24, 2.45) is 0 Å². The van der Waals surface area contributed by atoms with Gasteiger partial charge in [0.1, 0.15) is 24.8 Å². The van der Waals surface area contributed by atoms with Gasteiger partial charge < -0.3 is 9.84 Å². The van der Waals surface area contributed by atoms with Crippen molar-refractivity contribution in [3.05, 3.63) is 64.5 Å². The second kappa shape index (κ2) is 6.92. The molecule has 2 aromatic carbocycles. The number of halogens is 1. The van der Waals surface area contributed by atoms with E-state index in [1.165, 1.54) is 12.1 Å². The van der Waals surface area contributed by atoms with Crippen molar-refractivity contribution in [1.29, 1.82) is 0 Å². The van der Waals surface area contributed by atoms with Gasteiger partial charge >= 0.3 is 0 Å². The molecule has 2 aromatic rings. The molecule has 0 fully saturated rings. The summed E-state index contributed by atoms with van der Waals surface area (Å²) in [5.41, 5.74) is 3.85. The number of hydrogen-bond donors (Lipinski definition) is 1. The molecule has 0 saturated carbocycles. The van der Waals surface area contributed by atoms with Crippen LogP contribution in [0.3, 0.4) is 0 Å². The summed E-state index contributed by atoms with van der Waals surface area (Å²) < 4.78 is 19.2. The van der Waals surface area contributed by atoms with E-state index >= 15 is 0 Å². The number of ether oxygens (including phenoxy) is 1. The van der Waals surface area contributed by atoms with Gasteiger partial charge in [0, 0.05) is 11.6 Å². The van der Waals surface area contributed by atoms with Gasteiger partial charge in [-0.1, -0.05) is 35.6 Å². The Morgan fingerprint density at radius 1 is 1.14 bits per heavy atom. The molecule has 0 atom stereocenters. The Morgan fingerprint density at radius 2 is 1.95 bits per heavy atom. The monoisotopic (exact) mass is 284 g/mol. The molecule has 0 aliphatic rings. The summed E-state index contributed by atoms with van der Waals surface area (Å²) in [6, 6.07) is 10.4. The van der Waals surface area contributed by atoms with Crippen LogP contribution in [-0.2, 0) is 6.61 Å². The van der Waals surface area contributed by atoms with Gasteiger partial charge in [-0.3, -0.25) is 0 Å². The Labute approximate surface area is 124 Å². The third-order valence-electron chi connectivity index (χ3n) is 3.08. The van der Waals surface area contributed by atoms with E-state index < -0.39 is 5.82 Å². The number of aryl methyl sites for hydroxylation is 2. The van der Waals surface area contributed by atoms with E-state index in [0.717, 1.165) is 16.7 Å². The Hall–Kier alpha value is -2.31. The first-order valence-corrected chi connectivity index (χ1v) is 6.68. The van der Waals surface area contributed by atoms with Gasteiger partial charge in [0.05, 0.1) is 0 Å². The first-order valence-electron chi connectivity index (χ1n) is 6.68. The molecular formula is C18H17FO2. The lowest BCUT2D eigenvalue weighted by atomic mass is 10.1. The van der Waals surface area contributed by atoms with E-state index in [2.05, 4.69) is 17.9 Å². The van der Waals surface area contributed by atoms with Crippen LogP contribution >= 0.6 is 0 Å². The van der Waals surface area contributed by atoms with Crippen LogP contribution in [0.2, 0.25) is 0 Å². The van der Waals surface area contributed by atoms with E-state index in [0.29, 0.717) is 17.9 Å². The molecule has 0 spiro atoms. The second-order valence-corrected chi connectivity index (χ2v) is 4.85. The minimum absolute atomic E-state index is 0.255. The Bertz CT molecular complexity index is 696. The fourth-order valence-electron chi connectivity index (χ4n) is 1.98. The molecule has 0 radical (unpaired) electrons. The summed E-state index contributed by atoms with van der Waals surface area (Å²) in [7, 11) is 0. The lowest BCUT2D eigenvalue weighted by Gasteiger charge is -2.10. The van der Waals surface area contributed by atoms with Crippen LogP contribution in [0.4, 0.5) is 4.39 Å². The smallest absolute Gasteiger partial charge is 0.128 e. The quantitative estimate of drug-likeness (QED) is 0.876. The van der Waals surface area contributed by atoms with E-state index in [4.69, 9.17) is 9.84 Å². The van der Waals surface area contributed by atoms with Crippen LogP contribution in [-0.4, -0.2) is 11.7 Å². The van der Waals surface area contributed by atoms with Crippen LogP contribution in [0.25, 0.3) is 0 Å². The molecule has 108 valence electrons. The molecule has 2 rings (SSSR count). The molecular weight excluding hydrogens is 267 g/mol. The Kier molecular flexibility index (Phi) is 4.97. The number of aliphatic hydroxyl groups is 1. The van der Waals surface area contributed by atoms with Crippen LogP contribution < -0.4 is 4.74 Å². The zero-order valence-corrected chi connectivity index (χ0v) is 12.1. The normalized spacial score (nSPS) is 9.90. The highest BCUT2D eigenvalue weighted by Gasteiger charge is 2.03. The standard InChI is InChI=1S/C18H17FO2/c1-13-5-6-14(2)16(8-13)12-21-18-10-15(4-3-7-20)9-17(19)11-18/h5-6,8-11,20H,7,12H2,1-2H3. The molecule has 0 aliphatic carbocycles. The highest BCUT2D eigenvalue weighted by atomic mass is 19.1. The van der Waals surface area contributed by atoms with Crippen molar-refractivity contribution >= 4 is 0 Å². The molecule has 3 heteroatoms. The maximum Gasteiger partial charge on any atom is 0.128 e. The Balaban J connectivity index is 2.16. The molecule has 2 nitrogen and oxygen atoms in total. The van der Waals surface area contributed by atoms with Crippen LogP contribution in [0.5, 0.6) is 5.75 Å². The fraction of sp³-hybridized carbons (Fsp3) is 0.222. The van der Waals surface area contributed by atoms with Crippen LogP contribution in [0, 0.1) is 31.5 Å². The topological polar surface area (TPSA) is 29.5 Å². The van der Waals surface area contributed by atoms with Gasteiger partial charge in [-0.05, 0) is 37.1 Å². The van der Waals surface area contributed by atoms with Crippen molar-refractivity contribution in [3.63, 3.8) is 0 Å². The Morgan fingerprint density at radius 3 is 2.71 bits per heavy atom. The molecule has 0 aromatic heterocycles. The van der Waals surface area contributed by atoms with Crippen LogP contribution in [0.1, 0.15) is 22.3 Å². The minimum Gasteiger partial charge on any atom is -0.489 e. The van der Waals surface area contributed by atoms with E-state index in [1.54, 1.807) is 6.07 Å². The van der Waals surface area contributed by atoms with E-state index in [9.17, 15) is 4.39 Å². The largest absolute Gasteiger partial charge is 0.489 e. The molecule has 21 heavy (non-hydrogen) atoms. The molecule has 0 bridgehead atoms. The van der Waals surface area contributed by atoms with Crippen molar-refractivity contribution in [1.82, 2.24) is 0 Å². The van der Waals surface area contributed by atoms with Gasteiger partial charge in [-0.15, -0.1) is 0 Å². The third kappa shape index (κ3) is 4.34. The van der Waals surface area contributed by atoms with Gasteiger partial charge in [0.15, 0.2) is 0 Å². The second-order valence-electron chi connectivity index (χ2n) is 4.85. The average molecular weight is 284 g/mol. The first kappa shape index (κ1) is 15.1. The van der Waals surface area contributed by atoms with Gasteiger partial charge in [0.25, 0.3) is 0 Å². The van der Waals surface area contributed by atoms with Gasteiger partial charge in [-0.25, -0.2) is 4.39 Å². The predicted molar refractivity (Wildman–Crippen MR) is 80.6 cm³/mol. The number of rotatable bonds is 3. The van der Waals surface area contributed by atoms with Gasteiger partial charge in [-0.2, -0.15) is 0 Å². The maximum absolute atomic E-state index is 13.5. The minimum atomic E-state index is -0.407. The molecule has 0 aliphatic heterocycles. The SMILES string of the molecule is Cc1ccc(C)c(COc2cc(F)cc(C#CCO)c2)c1. The van der Waals surface area contributed by atoms with Crippen molar-refractivity contribution < 1.29 is 14.2 Å². The van der Waals surface area contributed by atoms with E-state index in [-0.39, 0.29) is 6.61 Å². The summed E-state index contributed by atoms with van der Waals surface area (Å²) in [4.78, 5) is 0. The zero-order valence-electron chi connectivity index (χ0n) is 12.1. The summed E-state index contributed by atoms with van der Waals surface area (Å²) in [5, 5.41) is 8.68. The van der Waals surface area contributed by atoms with E-state index in [1.807, 2.05) is 26.0 Å². The maximum atomic E-state index is 13.5. The van der Waals surface area contributed by atoms with Crippen molar-refractivity contribution in [3.8, 4) is 17.6 Å². The summed E-state index contributed by atoms with van der Waals surface area (Å²) in [5.74, 6) is 5.19. The lowest BCUT2D eigenvalue weighted by molar-refractivity contribution is 0.303. The molecule has 0 heterocycles.